The second kappa shape index (κ2) is 8.96. The summed E-state index contributed by atoms with van der Waals surface area (Å²) in [7, 11) is 1.30. The lowest BCUT2D eigenvalue weighted by Gasteiger charge is -2.14. The molecule has 1 amide bonds. The van der Waals surface area contributed by atoms with E-state index in [-0.39, 0.29) is 0 Å². The number of hydrogen-bond acceptors (Lipinski definition) is 4. The molecule has 0 spiro atoms. The third kappa shape index (κ3) is 5.30. The molecule has 0 aliphatic carbocycles. The maximum absolute atomic E-state index is 11.5. The minimum absolute atomic E-state index is 0.390. The second-order valence-corrected chi connectivity index (χ2v) is 4.41. The molecular weight excluding hydrogens is 258 g/mol. The van der Waals surface area contributed by atoms with E-state index in [2.05, 4.69) is 17.0 Å². The molecule has 0 aromatic heterocycles. The van der Waals surface area contributed by atoms with Gasteiger partial charge in [-0.05, 0) is 24.1 Å². The van der Waals surface area contributed by atoms with Crippen LogP contribution in [0.25, 0.3) is 0 Å². The van der Waals surface area contributed by atoms with Crippen LogP contribution in [-0.4, -0.2) is 32.1 Å². The van der Waals surface area contributed by atoms with Crippen LogP contribution in [0.2, 0.25) is 0 Å². The van der Waals surface area contributed by atoms with E-state index in [4.69, 9.17) is 4.74 Å². The van der Waals surface area contributed by atoms with Crippen LogP contribution in [0.3, 0.4) is 0 Å². The van der Waals surface area contributed by atoms with Gasteiger partial charge in [-0.2, -0.15) is 0 Å². The topological polar surface area (TPSA) is 64.6 Å². The summed E-state index contributed by atoms with van der Waals surface area (Å²) in [4.78, 5) is 22.0. The first-order valence-electron chi connectivity index (χ1n) is 6.70. The molecule has 20 heavy (non-hydrogen) atoms. The molecule has 0 aliphatic rings. The molecule has 1 atom stereocenters. The number of hydrogen-bond donors (Lipinski definition) is 1. The summed E-state index contributed by atoms with van der Waals surface area (Å²) in [6.07, 6.45) is 3.01. The van der Waals surface area contributed by atoms with Gasteiger partial charge < -0.3 is 14.8 Å². The number of carbonyl (C=O) groups is 2. The van der Waals surface area contributed by atoms with Crippen molar-refractivity contribution < 1.29 is 19.1 Å². The van der Waals surface area contributed by atoms with Crippen molar-refractivity contribution in [1.29, 1.82) is 0 Å². The highest BCUT2D eigenvalue weighted by atomic mass is 16.5. The molecule has 0 unspecified atom stereocenters. The van der Waals surface area contributed by atoms with Crippen LogP contribution in [0, 0.1) is 0 Å². The molecule has 1 rings (SSSR count). The van der Waals surface area contributed by atoms with E-state index < -0.39 is 12.0 Å². The monoisotopic (exact) mass is 279 g/mol. The third-order valence-corrected chi connectivity index (χ3v) is 2.88. The van der Waals surface area contributed by atoms with Crippen LogP contribution in [0.1, 0.15) is 25.3 Å². The van der Waals surface area contributed by atoms with Gasteiger partial charge in [-0.15, -0.1) is 0 Å². The molecule has 5 heteroatoms. The summed E-state index contributed by atoms with van der Waals surface area (Å²) < 4.78 is 10.2. The molecule has 0 heterocycles. The fraction of sp³-hybridized carbons (Fsp3) is 0.467. The summed E-state index contributed by atoms with van der Waals surface area (Å²) in [6, 6.07) is 6.82. The minimum Gasteiger partial charge on any atom is -0.494 e. The van der Waals surface area contributed by atoms with Crippen LogP contribution in [-0.2, 0) is 20.7 Å². The number of nitrogens with one attached hydrogen (secondary N) is 1. The highest BCUT2D eigenvalue weighted by Crippen LogP contribution is 2.14. The molecule has 0 bridgehead atoms. The maximum Gasteiger partial charge on any atom is 0.328 e. The smallest absolute Gasteiger partial charge is 0.328 e. The van der Waals surface area contributed by atoms with Gasteiger partial charge in [-0.3, -0.25) is 4.79 Å². The Labute approximate surface area is 119 Å². The molecule has 0 saturated carbocycles. The zero-order chi connectivity index (χ0) is 14.8. The van der Waals surface area contributed by atoms with Gasteiger partial charge in [0.05, 0.1) is 13.7 Å². The average Bonchev–Trinajstić information content (AvgIpc) is 2.48. The zero-order valence-corrected chi connectivity index (χ0v) is 11.9. The van der Waals surface area contributed by atoms with Crippen LogP contribution >= 0.6 is 0 Å². The Bertz CT molecular complexity index is 416. The number of unbranched alkanes of at least 4 members (excludes halogenated alkanes) is 1. The van der Waals surface area contributed by atoms with Crippen molar-refractivity contribution in [2.24, 2.45) is 0 Å². The van der Waals surface area contributed by atoms with Crippen molar-refractivity contribution in [1.82, 2.24) is 5.32 Å². The number of ether oxygens (including phenoxy) is 2. The molecule has 0 radical (unpaired) electrons. The number of esters is 1. The predicted octanol–water partition coefficient (Wildman–Crippen LogP) is 1.70. The Morgan fingerprint density at radius 3 is 2.60 bits per heavy atom. The van der Waals surface area contributed by atoms with Crippen LogP contribution in [0.15, 0.2) is 24.3 Å². The Morgan fingerprint density at radius 1 is 1.35 bits per heavy atom. The van der Waals surface area contributed by atoms with Gasteiger partial charge in [0.15, 0.2) is 0 Å². The standard InChI is InChI=1S/C15H21NO4/c1-3-4-9-20-13-7-5-12(6-8-13)10-14(16-11-17)15(18)19-2/h5-8,11,14H,3-4,9-10H2,1-2H3,(H,16,17)/t14-/m0/s1. The molecule has 0 aliphatic heterocycles. The summed E-state index contributed by atoms with van der Waals surface area (Å²) in [5.41, 5.74) is 0.928. The van der Waals surface area contributed by atoms with Gasteiger partial charge in [0.1, 0.15) is 11.8 Å². The highest BCUT2D eigenvalue weighted by Gasteiger charge is 2.18. The van der Waals surface area contributed by atoms with E-state index in [0.717, 1.165) is 24.2 Å². The number of methoxy groups -OCH3 is 1. The third-order valence-electron chi connectivity index (χ3n) is 2.88. The normalized spacial score (nSPS) is 11.5. The molecule has 5 nitrogen and oxygen atoms in total. The molecule has 0 saturated heterocycles. The van der Waals surface area contributed by atoms with E-state index in [0.29, 0.717) is 19.4 Å². The first-order chi connectivity index (χ1) is 9.71. The van der Waals surface area contributed by atoms with Gasteiger partial charge in [-0.25, -0.2) is 4.79 Å². The fourth-order valence-corrected chi connectivity index (χ4v) is 1.73. The maximum atomic E-state index is 11.5. The summed E-state index contributed by atoms with van der Waals surface area (Å²) in [5.74, 6) is 0.348. The van der Waals surface area contributed by atoms with Gasteiger partial charge in [-0.1, -0.05) is 25.5 Å². The SMILES string of the molecule is CCCCOc1ccc(C[C@H](NC=O)C(=O)OC)cc1. The summed E-state index contributed by atoms with van der Waals surface area (Å²) in [5, 5.41) is 2.45. The lowest BCUT2D eigenvalue weighted by atomic mass is 10.1. The minimum atomic E-state index is -0.663. The van der Waals surface area contributed by atoms with Crippen molar-refractivity contribution in [3.05, 3.63) is 29.8 Å². The van der Waals surface area contributed by atoms with Gasteiger partial charge in [0, 0.05) is 6.42 Å². The Hall–Kier alpha value is -2.04. The Kier molecular flexibility index (Phi) is 7.17. The van der Waals surface area contributed by atoms with E-state index >= 15 is 0 Å². The van der Waals surface area contributed by atoms with Crippen LogP contribution in [0.5, 0.6) is 5.75 Å². The summed E-state index contributed by atoms with van der Waals surface area (Å²) >= 11 is 0. The van der Waals surface area contributed by atoms with Gasteiger partial charge in [0.2, 0.25) is 6.41 Å². The van der Waals surface area contributed by atoms with E-state index in [1.54, 1.807) is 0 Å². The van der Waals surface area contributed by atoms with E-state index in [9.17, 15) is 9.59 Å². The molecule has 110 valence electrons. The first-order valence-corrected chi connectivity index (χ1v) is 6.70. The largest absolute Gasteiger partial charge is 0.494 e. The highest BCUT2D eigenvalue weighted by molar-refractivity contribution is 5.78. The number of carbonyl (C=O) groups excluding carboxylic acids is 2. The zero-order valence-electron chi connectivity index (χ0n) is 11.9. The van der Waals surface area contributed by atoms with Crippen molar-refractivity contribution in [3.63, 3.8) is 0 Å². The predicted molar refractivity (Wildman–Crippen MR) is 75.6 cm³/mol. The van der Waals surface area contributed by atoms with Crippen molar-refractivity contribution in [2.45, 2.75) is 32.2 Å². The second-order valence-electron chi connectivity index (χ2n) is 4.41. The van der Waals surface area contributed by atoms with Gasteiger partial charge >= 0.3 is 5.97 Å². The lowest BCUT2D eigenvalue weighted by Crippen LogP contribution is -2.38. The number of rotatable bonds is 9. The Morgan fingerprint density at radius 2 is 2.05 bits per heavy atom. The Balaban J connectivity index is 2.58. The van der Waals surface area contributed by atoms with Crippen LogP contribution < -0.4 is 10.1 Å². The van der Waals surface area contributed by atoms with Crippen molar-refractivity contribution in [3.8, 4) is 5.75 Å². The van der Waals surface area contributed by atoms with Crippen molar-refractivity contribution in [2.75, 3.05) is 13.7 Å². The molecule has 1 aromatic carbocycles. The number of benzene rings is 1. The molecule has 1 aromatic rings. The van der Waals surface area contributed by atoms with Gasteiger partial charge in [0.25, 0.3) is 0 Å². The van der Waals surface area contributed by atoms with Crippen molar-refractivity contribution >= 4 is 12.4 Å². The number of amides is 1. The quantitative estimate of drug-likeness (QED) is 0.424. The molecular formula is C15H21NO4. The average molecular weight is 279 g/mol. The summed E-state index contributed by atoms with van der Waals surface area (Å²) in [6.45, 7) is 2.81. The van der Waals surface area contributed by atoms with E-state index in [1.807, 2.05) is 24.3 Å². The molecule has 0 fully saturated rings. The lowest BCUT2D eigenvalue weighted by molar-refractivity contribution is -0.144. The molecule has 1 N–H and O–H groups in total. The fourth-order valence-electron chi connectivity index (χ4n) is 1.73. The van der Waals surface area contributed by atoms with Crippen LogP contribution in [0.4, 0.5) is 0 Å². The first kappa shape index (κ1) is 16.0. The van der Waals surface area contributed by atoms with E-state index in [1.165, 1.54) is 7.11 Å².